The Kier molecular flexibility index (Phi) is 3.57. The first-order chi connectivity index (χ1) is 6.92. The maximum absolute atomic E-state index is 10.4. The third-order valence-corrected chi connectivity index (χ3v) is 1.90. The van der Waals surface area contributed by atoms with Crippen molar-refractivity contribution in [1.82, 2.24) is 0 Å². The third kappa shape index (κ3) is 3.78. The van der Waals surface area contributed by atoms with E-state index < -0.39 is 0 Å². The van der Waals surface area contributed by atoms with Gasteiger partial charge in [-0.25, -0.2) is 4.79 Å². The number of hydrogen-bond acceptors (Lipinski definition) is 2. The van der Waals surface area contributed by atoms with Gasteiger partial charge < -0.3 is 4.74 Å². The number of halogens is 1. The lowest BCUT2D eigenvalue weighted by molar-refractivity contribution is 0.131. The molecule has 0 saturated carbocycles. The molecule has 0 unspecified atom stereocenters. The summed E-state index contributed by atoms with van der Waals surface area (Å²) in [6.07, 6.45) is 0. The minimum Gasteiger partial charge on any atom is -0.488 e. The average Bonchev–Trinajstić information content (AvgIpc) is 2.14. The second-order valence-electron chi connectivity index (χ2n) is 4.16. The molecule has 0 amide bonds. The van der Waals surface area contributed by atoms with Crippen LogP contribution >= 0.6 is 11.6 Å². The second-order valence-corrected chi connectivity index (χ2v) is 4.54. The van der Waals surface area contributed by atoms with Crippen molar-refractivity contribution in [1.29, 1.82) is 0 Å². The van der Waals surface area contributed by atoms with Gasteiger partial charge in [-0.15, -0.1) is 0 Å². The second kappa shape index (κ2) is 4.52. The first kappa shape index (κ1) is 11.8. The monoisotopic (exact) mass is 224 g/mol. The first-order valence-corrected chi connectivity index (χ1v) is 5.00. The number of ether oxygens (including phenoxy) is 1. The summed E-state index contributed by atoms with van der Waals surface area (Å²) in [6.45, 7) is 5.87. The van der Waals surface area contributed by atoms with Gasteiger partial charge >= 0.3 is 0 Å². The Morgan fingerprint density at radius 1 is 1.40 bits per heavy atom. The number of carbonyl (C=O) groups excluding carboxylic acids is 1. The van der Waals surface area contributed by atoms with Crippen LogP contribution < -0.4 is 4.74 Å². The Balaban J connectivity index is 2.98. The van der Waals surface area contributed by atoms with Crippen molar-refractivity contribution in [3.05, 3.63) is 29.8 Å². The van der Waals surface area contributed by atoms with Crippen LogP contribution in [0.3, 0.4) is 0 Å². The fourth-order valence-electron chi connectivity index (χ4n) is 1.11. The zero-order chi connectivity index (χ0) is 11.5. The highest BCUT2D eigenvalue weighted by Crippen LogP contribution is 2.23. The molecule has 80 valence electrons. The SMILES string of the molecule is CC(C)(C)Oc1cccc(C(Cl)=C=O)c1. The van der Waals surface area contributed by atoms with Gasteiger partial charge in [-0.3, -0.25) is 0 Å². The van der Waals surface area contributed by atoms with E-state index in [9.17, 15) is 4.79 Å². The predicted molar refractivity (Wildman–Crippen MR) is 61.8 cm³/mol. The van der Waals surface area contributed by atoms with Crippen molar-refractivity contribution in [3.8, 4) is 5.75 Å². The molecule has 0 saturated heterocycles. The number of hydrogen-bond donors (Lipinski definition) is 0. The van der Waals surface area contributed by atoms with Gasteiger partial charge in [0, 0.05) is 5.56 Å². The van der Waals surface area contributed by atoms with Crippen LogP contribution in [0.25, 0.3) is 5.03 Å². The van der Waals surface area contributed by atoms with Crippen molar-refractivity contribution in [2.24, 2.45) is 0 Å². The summed E-state index contributed by atoms with van der Waals surface area (Å²) >= 11 is 5.67. The molecule has 1 aromatic carbocycles. The van der Waals surface area contributed by atoms with E-state index in [1.165, 1.54) is 0 Å². The summed E-state index contributed by atoms with van der Waals surface area (Å²) in [5.74, 6) is 2.34. The summed E-state index contributed by atoms with van der Waals surface area (Å²) in [7, 11) is 0. The fourth-order valence-corrected chi connectivity index (χ4v) is 1.23. The van der Waals surface area contributed by atoms with Gasteiger partial charge in [-0.1, -0.05) is 23.7 Å². The van der Waals surface area contributed by atoms with E-state index in [2.05, 4.69) is 0 Å². The highest BCUT2D eigenvalue weighted by atomic mass is 35.5. The van der Waals surface area contributed by atoms with Gasteiger partial charge in [-0.05, 0) is 32.9 Å². The third-order valence-electron chi connectivity index (χ3n) is 1.60. The average molecular weight is 225 g/mol. The van der Waals surface area contributed by atoms with Crippen LogP contribution in [0.15, 0.2) is 24.3 Å². The van der Waals surface area contributed by atoms with E-state index in [4.69, 9.17) is 16.3 Å². The summed E-state index contributed by atoms with van der Waals surface area (Å²) < 4.78 is 5.64. The van der Waals surface area contributed by atoms with Crippen LogP contribution in [0.4, 0.5) is 0 Å². The topological polar surface area (TPSA) is 26.3 Å². The Hall–Kier alpha value is -1.24. The van der Waals surface area contributed by atoms with Gasteiger partial charge in [-0.2, -0.15) is 0 Å². The minimum absolute atomic E-state index is 0.0642. The van der Waals surface area contributed by atoms with Crippen molar-refractivity contribution in [2.45, 2.75) is 26.4 Å². The number of benzene rings is 1. The Labute approximate surface area is 94.5 Å². The Morgan fingerprint density at radius 3 is 2.60 bits per heavy atom. The van der Waals surface area contributed by atoms with E-state index in [1.54, 1.807) is 24.1 Å². The molecule has 3 heteroatoms. The summed E-state index contributed by atoms with van der Waals surface area (Å²) in [4.78, 5) is 10.4. The summed E-state index contributed by atoms with van der Waals surface area (Å²) in [6, 6.07) is 7.07. The van der Waals surface area contributed by atoms with Gasteiger partial charge in [0.15, 0.2) is 0 Å². The molecule has 1 aromatic rings. The molecule has 2 nitrogen and oxygen atoms in total. The molecule has 15 heavy (non-hydrogen) atoms. The maximum atomic E-state index is 10.4. The van der Waals surface area contributed by atoms with Crippen LogP contribution in [-0.2, 0) is 4.79 Å². The molecule has 0 N–H and O–H groups in total. The van der Waals surface area contributed by atoms with E-state index in [-0.39, 0.29) is 10.6 Å². The van der Waals surface area contributed by atoms with Crippen molar-refractivity contribution >= 4 is 22.6 Å². The highest BCUT2D eigenvalue weighted by Gasteiger charge is 2.12. The van der Waals surface area contributed by atoms with Crippen LogP contribution in [0.2, 0.25) is 0 Å². The Bertz CT molecular complexity index is 398. The van der Waals surface area contributed by atoms with Gasteiger partial charge in [0.25, 0.3) is 0 Å². The minimum atomic E-state index is -0.268. The van der Waals surface area contributed by atoms with Gasteiger partial charge in [0.1, 0.15) is 22.3 Å². The molecule has 0 aliphatic rings. The predicted octanol–water partition coefficient (Wildman–Crippen LogP) is 3.28. The van der Waals surface area contributed by atoms with Crippen LogP contribution in [-0.4, -0.2) is 11.5 Å². The zero-order valence-corrected chi connectivity index (χ0v) is 9.76. The lowest BCUT2D eigenvalue weighted by Gasteiger charge is -2.21. The smallest absolute Gasteiger partial charge is 0.145 e. The molecule has 0 aromatic heterocycles. The van der Waals surface area contributed by atoms with Crippen molar-refractivity contribution in [3.63, 3.8) is 0 Å². The standard InChI is InChI=1S/C12H13ClO2/c1-12(2,3)15-10-6-4-5-9(7-10)11(13)8-14/h4-7H,1-3H3. The molecule has 0 atom stereocenters. The quantitative estimate of drug-likeness (QED) is 0.721. The highest BCUT2D eigenvalue weighted by molar-refractivity contribution is 6.53. The zero-order valence-electron chi connectivity index (χ0n) is 9.00. The molecular formula is C12H13ClO2. The molecule has 0 aliphatic heterocycles. The molecule has 0 radical (unpaired) electrons. The molecular weight excluding hydrogens is 212 g/mol. The van der Waals surface area contributed by atoms with Crippen molar-refractivity contribution < 1.29 is 9.53 Å². The first-order valence-electron chi connectivity index (χ1n) is 4.62. The van der Waals surface area contributed by atoms with Gasteiger partial charge in [0.05, 0.1) is 0 Å². The molecule has 0 spiro atoms. The van der Waals surface area contributed by atoms with E-state index in [0.29, 0.717) is 11.3 Å². The Morgan fingerprint density at radius 2 is 2.07 bits per heavy atom. The lowest BCUT2D eigenvalue weighted by Crippen LogP contribution is -2.22. The fraction of sp³-hybridized carbons (Fsp3) is 0.333. The molecule has 0 aliphatic carbocycles. The van der Waals surface area contributed by atoms with Crippen LogP contribution in [0.5, 0.6) is 5.75 Å². The van der Waals surface area contributed by atoms with E-state index in [0.717, 1.165) is 0 Å². The molecule has 0 fully saturated rings. The molecule has 1 rings (SSSR count). The van der Waals surface area contributed by atoms with E-state index >= 15 is 0 Å². The summed E-state index contributed by atoms with van der Waals surface area (Å²) in [5.41, 5.74) is 0.351. The number of rotatable bonds is 2. The van der Waals surface area contributed by atoms with Gasteiger partial charge in [0.2, 0.25) is 0 Å². The lowest BCUT2D eigenvalue weighted by atomic mass is 10.1. The molecule has 0 heterocycles. The molecule has 0 bridgehead atoms. The van der Waals surface area contributed by atoms with E-state index in [1.807, 2.05) is 26.8 Å². The maximum Gasteiger partial charge on any atom is 0.145 e. The van der Waals surface area contributed by atoms with Crippen LogP contribution in [0, 0.1) is 0 Å². The van der Waals surface area contributed by atoms with Crippen LogP contribution in [0.1, 0.15) is 26.3 Å². The normalized spacial score (nSPS) is 10.7. The summed E-state index contributed by atoms with van der Waals surface area (Å²) in [5, 5.41) is 0.0642. The van der Waals surface area contributed by atoms with Crippen molar-refractivity contribution in [2.75, 3.05) is 0 Å². The largest absolute Gasteiger partial charge is 0.488 e.